The van der Waals surface area contributed by atoms with Gasteiger partial charge >= 0.3 is 0 Å². The number of nitrogens with one attached hydrogen (secondary N) is 1. The van der Waals surface area contributed by atoms with Crippen LogP contribution in [0.5, 0.6) is 0 Å². The highest BCUT2D eigenvalue weighted by molar-refractivity contribution is 5.81. The summed E-state index contributed by atoms with van der Waals surface area (Å²) in [6, 6.07) is 7.18. The van der Waals surface area contributed by atoms with E-state index in [1.165, 1.54) is 18.9 Å². The minimum Gasteiger partial charge on any atom is -0.444 e. The van der Waals surface area contributed by atoms with Gasteiger partial charge in [-0.1, -0.05) is 17.7 Å². The van der Waals surface area contributed by atoms with E-state index in [0.717, 1.165) is 5.56 Å². The molecule has 0 saturated carbocycles. The third kappa shape index (κ3) is 4.14. The van der Waals surface area contributed by atoms with Crippen molar-refractivity contribution < 1.29 is 13.9 Å². The molecule has 21 heavy (non-hydrogen) atoms. The number of rotatable bonds is 6. The van der Waals surface area contributed by atoms with Crippen LogP contribution in [0.25, 0.3) is 11.5 Å². The van der Waals surface area contributed by atoms with Crippen LogP contribution in [0, 0.1) is 6.92 Å². The maximum absolute atomic E-state index is 11.6. The van der Waals surface area contributed by atoms with Crippen molar-refractivity contribution in [3.8, 4) is 11.5 Å². The molecule has 0 aliphatic carbocycles. The van der Waals surface area contributed by atoms with E-state index in [2.05, 4.69) is 10.3 Å². The third-order valence-corrected chi connectivity index (χ3v) is 2.98. The quantitative estimate of drug-likeness (QED) is 0.835. The zero-order chi connectivity index (χ0) is 15.2. The van der Waals surface area contributed by atoms with E-state index in [1.54, 1.807) is 0 Å². The second kappa shape index (κ2) is 7.01. The highest BCUT2D eigenvalue weighted by atomic mass is 16.5. The lowest BCUT2D eigenvalue weighted by atomic mass is 10.1. The first-order valence-corrected chi connectivity index (χ1v) is 6.64. The van der Waals surface area contributed by atoms with Crippen molar-refractivity contribution in [1.29, 1.82) is 0 Å². The first-order valence-electron chi connectivity index (χ1n) is 6.64. The van der Waals surface area contributed by atoms with Crippen LogP contribution in [-0.2, 0) is 16.1 Å². The molecule has 6 nitrogen and oxygen atoms in total. The van der Waals surface area contributed by atoms with Crippen molar-refractivity contribution in [2.24, 2.45) is 5.73 Å². The topological polar surface area (TPSA) is 90.4 Å². The van der Waals surface area contributed by atoms with E-state index in [1.807, 2.05) is 31.2 Å². The summed E-state index contributed by atoms with van der Waals surface area (Å²) in [7, 11) is 1.50. The molecular weight excluding hydrogens is 270 g/mol. The molecule has 0 aliphatic heterocycles. The number of ether oxygens (including phenoxy) is 1. The Bertz CT molecular complexity index is 592. The second-order valence-electron chi connectivity index (χ2n) is 4.79. The van der Waals surface area contributed by atoms with Crippen molar-refractivity contribution >= 4 is 5.91 Å². The van der Waals surface area contributed by atoms with Crippen molar-refractivity contribution in [2.45, 2.75) is 19.5 Å². The molecule has 6 heteroatoms. The Morgan fingerprint density at radius 2 is 2.14 bits per heavy atom. The predicted molar refractivity (Wildman–Crippen MR) is 78.4 cm³/mol. The van der Waals surface area contributed by atoms with E-state index >= 15 is 0 Å². The summed E-state index contributed by atoms with van der Waals surface area (Å²) in [6.07, 6.45) is 1.53. The molecule has 1 aromatic carbocycles. The zero-order valence-corrected chi connectivity index (χ0v) is 12.1. The van der Waals surface area contributed by atoms with Gasteiger partial charge in [-0.15, -0.1) is 0 Å². The second-order valence-corrected chi connectivity index (χ2v) is 4.79. The van der Waals surface area contributed by atoms with Gasteiger partial charge in [0.05, 0.1) is 18.8 Å². The summed E-state index contributed by atoms with van der Waals surface area (Å²) < 4.78 is 10.2. The fourth-order valence-electron chi connectivity index (χ4n) is 1.78. The molecule has 0 fully saturated rings. The molecule has 0 aliphatic rings. The molecule has 1 aromatic heterocycles. The molecule has 1 amide bonds. The number of aromatic nitrogens is 1. The lowest BCUT2D eigenvalue weighted by Gasteiger charge is -2.09. The molecule has 1 unspecified atom stereocenters. The van der Waals surface area contributed by atoms with Crippen LogP contribution in [0.3, 0.4) is 0 Å². The summed E-state index contributed by atoms with van der Waals surface area (Å²) in [6.45, 7) is 2.47. The predicted octanol–water partition coefficient (Wildman–Crippen LogP) is 1.24. The highest BCUT2D eigenvalue weighted by Crippen LogP contribution is 2.18. The number of nitrogens with two attached hydrogens (primary N) is 1. The average Bonchev–Trinajstić information content (AvgIpc) is 2.94. The van der Waals surface area contributed by atoms with Gasteiger partial charge in [0.15, 0.2) is 0 Å². The number of oxazole rings is 1. The summed E-state index contributed by atoms with van der Waals surface area (Å²) in [5.41, 5.74) is 8.33. The number of carbonyl (C=O) groups excluding carboxylic acids is 1. The number of carbonyl (C=O) groups is 1. The molecule has 1 heterocycles. The standard InChI is InChI=1S/C15H19N3O3/c1-10-3-5-11(6-4-10)15-18-12(8-21-15)7-17-14(19)13(16)9-20-2/h3-6,8,13H,7,9,16H2,1-2H3,(H,17,19). The molecule has 0 saturated heterocycles. The smallest absolute Gasteiger partial charge is 0.239 e. The van der Waals surface area contributed by atoms with Crippen LogP contribution in [-0.4, -0.2) is 30.6 Å². The van der Waals surface area contributed by atoms with Gasteiger partial charge < -0.3 is 20.2 Å². The Labute approximate surface area is 123 Å². The maximum atomic E-state index is 11.6. The Hall–Kier alpha value is -2.18. The molecule has 112 valence electrons. The summed E-state index contributed by atoms with van der Waals surface area (Å²) in [4.78, 5) is 16.0. The number of benzene rings is 1. The summed E-state index contributed by atoms with van der Waals surface area (Å²) >= 11 is 0. The van der Waals surface area contributed by atoms with Gasteiger partial charge in [0, 0.05) is 12.7 Å². The van der Waals surface area contributed by atoms with Gasteiger partial charge in [0.2, 0.25) is 11.8 Å². The number of methoxy groups -OCH3 is 1. The molecule has 0 spiro atoms. The van der Waals surface area contributed by atoms with Crippen molar-refractivity contribution in [1.82, 2.24) is 10.3 Å². The first kappa shape index (κ1) is 15.2. The SMILES string of the molecule is COCC(N)C(=O)NCc1coc(-c2ccc(C)cc2)n1. The largest absolute Gasteiger partial charge is 0.444 e. The van der Waals surface area contributed by atoms with E-state index in [-0.39, 0.29) is 19.1 Å². The number of amides is 1. The normalized spacial score (nSPS) is 12.1. The fourth-order valence-corrected chi connectivity index (χ4v) is 1.78. The summed E-state index contributed by atoms with van der Waals surface area (Å²) in [5, 5.41) is 2.69. The van der Waals surface area contributed by atoms with Crippen molar-refractivity contribution in [2.75, 3.05) is 13.7 Å². The Morgan fingerprint density at radius 1 is 1.43 bits per heavy atom. The van der Waals surface area contributed by atoms with Gasteiger partial charge in [0.1, 0.15) is 12.3 Å². The van der Waals surface area contributed by atoms with Crippen LogP contribution in [0.4, 0.5) is 0 Å². The molecular formula is C15H19N3O3. The van der Waals surface area contributed by atoms with Crippen LogP contribution in [0.15, 0.2) is 34.9 Å². The molecule has 0 radical (unpaired) electrons. The maximum Gasteiger partial charge on any atom is 0.239 e. The molecule has 1 atom stereocenters. The lowest BCUT2D eigenvalue weighted by molar-refractivity contribution is -0.123. The minimum atomic E-state index is -0.682. The fraction of sp³-hybridized carbons (Fsp3) is 0.333. The van der Waals surface area contributed by atoms with E-state index in [9.17, 15) is 4.79 Å². The van der Waals surface area contributed by atoms with E-state index < -0.39 is 6.04 Å². The first-order chi connectivity index (χ1) is 10.1. The number of aryl methyl sites for hydroxylation is 1. The highest BCUT2D eigenvalue weighted by Gasteiger charge is 2.13. The van der Waals surface area contributed by atoms with Crippen LogP contribution in [0.2, 0.25) is 0 Å². The van der Waals surface area contributed by atoms with Gasteiger partial charge in [-0.25, -0.2) is 4.98 Å². The number of hydrogen-bond donors (Lipinski definition) is 2. The average molecular weight is 289 g/mol. The molecule has 3 N–H and O–H groups in total. The monoisotopic (exact) mass is 289 g/mol. The summed E-state index contributed by atoms with van der Waals surface area (Å²) in [5.74, 6) is 0.247. The third-order valence-electron chi connectivity index (χ3n) is 2.98. The Kier molecular flexibility index (Phi) is 5.08. The molecule has 2 rings (SSSR count). The van der Waals surface area contributed by atoms with Crippen molar-refractivity contribution in [3.63, 3.8) is 0 Å². The number of hydrogen-bond acceptors (Lipinski definition) is 5. The zero-order valence-electron chi connectivity index (χ0n) is 12.1. The van der Waals surface area contributed by atoms with E-state index in [4.69, 9.17) is 14.9 Å². The molecule has 0 bridgehead atoms. The minimum absolute atomic E-state index is 0.180. The van der Waals surface area contributed by atoms with Gasteiger partial charge in [-0.2, -0.15) is 0 Å². The molecule has 2 aromatic rings. The van der Waals surface area contributed by atoms with Crippen molar-refractivity contribution in [3.05, 3.63) is 41.8 Å². The van der Waals surface area contributed by atoms with Gasteiger partial charge in [-0.3, -0.25) is 4.79 Å². The van der Waals surface area contributed by atoms with Crippen LogP contribution in [0.1, 0.15) is 11.3 Å². The Morgan fingerprint density at radius 3 is 2.81 bits per heavy atom. The lowest BCUT2D eigenvalue weighted by Crippen LogP contribution is -2.43. The Balaban J connectivity index is 1.94. The van der Waals surface area contributed by atoms with E-state index in [0.29, 0.717) is 11.6 Å². The van der Waals surface area contributed by atoms with Gasteiger partial charge in [-0.05, 0) is 19.1 Å². The van der Waals surface area contributed by atoms with Crippen LogP contribution < -0.4 is 11.1 Å². The number of nitrogens with zero attached hydrogens (tertiary/aromatic N) is 1. The van der Waals surface area contributed by atoms with Gasteiger partial charge in [0.25, 0.3) is 0 Å². The van der Waals surface area contributed by atoms with Crippen LogP contribution >= 0.6 is 0 Å².